The van der Waals surface area contributed by atoms with Gasteiger partial charge in [0.25, 0.3) is 0 Å². The van der Waals surface area contributed by atoms with E-state index in [4.69, 9.17) is 12.2 Å². The maximum atomic E-state index is 5.85. The van der Waals surface area contributed by atoms with Gasteiger partial charge in [0.15, 0.2) is 5.11 Å². The Labute approximate surface area is 198 Å². The third kappa shape index (κ3) is 3.47. The van der Waals surface area contributed by atoms with Gasteiger partial charge in [-0.2, -0.15) is 0 Å². The Morgan fingerprint density at radius 3 is 2.33 bits per heavy atom. The Hall–Kier alpha value is -3.96. The van der Waals surface area contributed by atoms with Crippen LogP contribution in [0.15, 0.2) is 116 Å². The van der Waals surface area contributed by atoms with Crippen LogP contribution >= 0.6 is 12.2 Å². The van der Waals surface area contributed by atoms with Crippen LogP contribution in [0.2, 0.25) is 0 Å². The summed E-state index contributed by atoms with van der Waals surface area (Å²) < 4.78 is 2.26. The lowest BCUT2D eigenvalue weighted by Gasteiger charge is -2.29. The van der Waals surface area contributed by atoms with Crippen LogP contribution in [0.4, 0.5) is 5.69 Å². The number of anilines is 1. The number of fused-ring (bicyclic) bond motifs is 1. The molecular weight excluding hydrogens is 424 g/mol. The fourth-order valence-corrected chi connectivity index (χ4v) is 5.06. The molecule has 0 spiro atoms. The van der Waals surface area contributed by atoms with Gasteiger partial charge in [-0.05, 0) is 71.5 Å². The normalized spacial score (nSPS) is 17.9. The van der Waals surface area contributed by atoms with E-state index in [0.29, 0.717) is 5.11 Å². The summed E-state index contributed by atoms with van der Waals surface area (Å²) in [5, 5.41) is 6.70. The summed E-state index contributed by atoms with van der Waals surface area (Å²) >= 11 is 5.85. The van der Waals surface area contributed by atoms with Gasteiger partial charge < -0.3 is 14.8 Å². The number of thiocarbonyl (C=S) groups is 1. The molecule has 2 atom stereocenters. The number of rotatable bonds is 4. The molecule has 0 amide bonds. The molecule has 5 heteroatoms. The summed E-state index contributed by atoms with van der Waals surface area (Å²) in [6, 6.07) is 35.5. The molecule has 4 nitrogen and oxygen atoms in total. The highest BCUT2D eigenvalue weighted by Gasteiger charge is 2.42. The summed E-state index contributed by atoms with van der Waals surface area (Å²) in [7, 11) is 0. The molecule has 1 N–H and O–H groups in total. The highest BCUT2D eigenvalue weighted by atomic mass is 32.1. The molecule has 3 aromatic carbocycles. The van der Waals surface area contributed by atoms with Gasteiger partial charge in [-0.3, -0.25) is 4.98 Å². The fourth-order valence-electron chi connectivity index (χ4n) is 4.72. The molecule has 0 unspecified atom stereocenters. The number of nitrogens with one attached hydrogen (secondary N) is 1. The lowest BCUT2D eigenvalue weighted by atomic mass is 10.0. The molecule has 0 saturated carbocycles. The van der Waals surface area contributed by atoms with Gasteiger partial charge in [-0.25, -0.2) is 0 Å². The Balaban J connectivity index is 1.51. The average molecular weight is 447 g/mol. The van der Waals surface area contributed by atoms with Gasteiger partial charge in [0, 0.05) is 29.5 Å². The Morgan fingerprint density at radius 2 is 1.52 bits per heavy atom. The van der Waals surface area contributed by atoms with Crippen molar-refractivity contribution in [3.05, 3.63) is 127 Å². The number of para-hydroxylation sites is 1. The number of aromatic nitrogens is 2. The molecule has 33 heavy (non-hydrogen) atoms. The lowest BCUT2D eigenvalue weighted by Crippen LogP contribution is -2.30. The first kappa shape index (κ1) is 19.7. The number of nitrogens with zero attached hydrogens (tertiary/aromatic N) is 3. The van der Waals surface area contributed by atoms with Gasteiger partial charge in [0.1, 0.15) is 6.04 Å². The van der Waals surface area contributed by atoms with Crippen molar-refractivity contribution in [1.29, 1.82) is 0 Å². The molecule has 6 rings (SSSR count). The molecular formula is C28H22N4S. The van der Waals surface area contributed by atoms with Crippen LogP contribution in [0, 0.1) is 0 Å². The van der Waals surface area contributed by atoms with Gasteiger partial charge in [0.2, 0.25) is 0 Å². The van der Waals surface area contributed by atoms with Gasteiger partial charge in [0.05, 0.1) is 11.7 Å². The Morgan fingerprint density at radius 1 is 0.727 bits per heavy atom. The first-order valence-corrected chi connectivity index (χ1v) is 11.4. The number of hydrogen-bond donors (Lipinski definition) is 1. The zero-order chi connectivity index (χ0) is 22.2. The molecule has 160 valence electrons. The molecule has 0 bridgehead atoms. The second kappa shape index (κ2) is 8.19. The molecule has 1 fully saturated rings. The first-order chi connectivity index (χ1) is 16.3. The minimum Gasteiger partial charge on any atom is -0.351 e. The molecule has 3 heterocycles. The molecule has 2 aromatic heterocycles. The van der Waals surface area contributed by atoms with Crippen LogP contribution in [0.5, 0.6) is 0 Å². The van der Waals surface area contributed by atoms with E-state index in [1.807, 2.05) is 36.5 Å². The molecule has 0 radical (unpaired) electrons. The van der Waals surface area contributed by atoms with Crippen molar-refractivity contribution >= 4 is 33.8 Å². The predicted molar refractivity (Wildman–Crippen MR) is 138 cm³/mol. The Bertz CT molecular complexity index is 1430. The van der Waals surface area contributed by atoms with Gasteiger partial charge >= 0.3 is 0 Å². The smallest absolute Gasteiger partial charge is 0.174 e. The van der Waals surface area contributed by atoms with Crippen LogP contribution in [0.1, 0.15) is 23.5 Å². The minimum atomic E-state index is -0.0759. The van der Waals surface area contributed by atoms with Gasteiger partial charge in [-0.15, -0.1) is 0 Å². The maximum Gasteiger partial charge on any atom is 0.174 e. The van der Waals surface area contributed by atoms with E-state index in [1.54, 1.807) is 0 Å². The lowest BCUT2D eigenvalue weighted by molar-refractivity contribution is 0.549. The van der Waals surface area contributed by atoms with E-state index in [2.05, 4.69) is 98.8 Å². The monoisotopic (exact) mass is 446 g/mol. The largest absolute Gasteiger partial charge is 0.351 e. The fraction of sp³-hybridized carbons (Fsp3) is 0.0714. The van der Waals surface area contributed by atoms with Crippen LogP contribution in [-0.4, -0.2) is 14.7 Å². The molecule has 1 saturated heterocycles. The standard InChI is InChI=1S/C28H22N4S/c33-28-30-26(24-13-6-7-17-29-24)27(32(28)22-11-2-1-3-12-22)25-14-8-18-31(25)23-16-15-20-9-4-5-10-21(20)19-23/h1-19,26-27H,(H,30,33)/t26-,27-/m1/s1. The first-order valence-electron chi connectivity index (χ1n) is 11.0. The number of benzene rings is 3. The average Bonchev–Trinajstić information content (AvgIpc) is 3.49. The summed E-state index contributed by atoms with van der Waals surface area (Å²) in [5.74, 6) is 0. The van der Waals surface area contributed by atoms with Gasteiger partial charge in [-0.1, -0.05) is 54.6 Å². The van der Waals surface area contributed by atoms with E-state index in [9.17, 15) is 0 Å². The van der Waals surface area contributed by atoms with E-state index in [-0.39, 0.29) is 12.1 Å². The van der Waals surface area contributed by atoms with Crippen molar-refractivity contribution in [1.82, 2.24) is 14.9 Å². The van der Waals surface area contributed by atoms with E-state index >= 15 is 0 Å². The van der Waals surface area contributed by atoms with Crippen molar-refractivity contribution in [3.8, 4) is 5.69 Å². The summed E-state index contributed by atoms with van der Waals surface area (Å²) in [6.07, 6.45) is 3.96. The number of hydrogen-bond acceptors (Lipinski definition) is 2. The third-order valence-electron chi connectivity index (χ3n) is 6.23. The molecule has 5 aromatic rings. The number of pyridine rings is 1. The van der Waals surface area contributed by atoms with Crippen molar-refractivity contribution in [2.24, 2.45) is 0 Å². The van der Waals surface area contributed by atoms with Crippen LogP contribution in [-0.2, 0) is 0 Å². The molecule has 1 aliphatic heterocycles. The maximum absolute atomic E-state index is 5.85. The Kier molecular flexibility index (Phi) is 4.89. The highest BCUT2D eigenvalue weighted by Crippen LogP contribution is 2.42. The SMILES string of the molecule is S=C1N[C@H](c2ccccn2)[C@@H](c2cccn2-c2ccc3ccccc3c2)N1c1ccccc1. The zero-order valence-electron chi connectivity index (χ0n) is 17.9. The zero-order valence-corrected chi connectivity index (χ0v) is 18.7. The van der Waals surface area contributed by atoms with E-state index in [1.165, 1.54) is 10.8 Å². The second-order valence-corrected chi connectivity index (χ2v) is 8.55. The van der Waals surface area contributed by atoms with Crippen molar-refractivity contribution in [2.45, 2.75) is 12.1 Å². The highest BCUT2D eigenvalue weighted by molar-refractivity contribution is 7.80. The topological polar surface area (TPSA) is 33.1 Å². The van der Waals surface area contributed by atoms with Crippen LogP contribution < -0.4 is 10.2 Å². The minimum absolute atomic E-state index is 0.0590. The molecule has 1 aliphatic rings. The summed E-state index contributed by atoms with van der Waals surface area (Å²) in [5.41, 5.74) is 4.30. The predicted octanol–water partition coefficient (Wildman–Crippen LogP) is 6.20. The van der Waals surface area contributed by atoms with Crippen LogP contribution in [0.3, 0.4) is 0 Å². The quantitative estimate of drug-likeness (QED) is 0.333. The van der Waals surface area contributed by atoms with Crippen molar-refractivity contribution < 1.29 is 0 Å². The second-order valence-electron chi connectivity index (χ2n) is 8.17. The third-order valence-corrected chi connectivity index (χ3v) is 6.54. The summed E-state index contributed by atoms with van der Waals surface area (Å²) in [4.78, 5) is 6.88. The van der Waals surface area contributed by atoms with Crippen LogP contribution in [0.25, 0.3) is 16.5 Å². The van der Waals surface area contributed by atoms with E-state index in [0.717, 1.165) is 22.8 Å². The van der Waals surface area contributed by atoms with Crippen molar-refractivity contribution in [3.63, 3.8) is 0 Å². The van der Waals surface area contributed by atoms with E-state index < -0.39 is 0 Å². The molecule has 0 aliphatic carbocycles. The van der Waals surface area contributed by atoms with Crippen molar-refractivity contribution in [2.75, 3.05) is 4.90 Å². The summed E-state index contributed by atoms with van der Waals surface area (Å²) in [6.45, 7) is 0.